The van der Waals surface area contributed by atoms with E-state index in [1.54, 1.807) is 0 Å². The first-order valence-electron chi connectivity index (χ1n) is 7.20. The summed E-state index contributed by atoms with van der Waals surface area (Å²) in [5.74, 6) is -1.82. The predicted molar refractivity (Wildman–Crippen MR) is 89.9 cm³/mol. The second-order valence-corrected chi connectivity index (χ2v) is 5.60. The van der Waals surface area contributed by atoms with Crippen LogP contribution in [0.1, 0.15) is 21.5 Å². The Morgan fingerprint density at radius 1 is 0.960 bits per heavy atom. The summed E-state index contributed by atoms with van der Waals surface area (Å²) in [4.78, 5) is 11.9. The van der Waals surface area contributed by atoms with Gasteiger partial charge >= 0.3 is 5.97 Å². The molecule has 0 spiro atoms. The molecule has 0 atom stereocenters. The summed E-state index contributed by atoms with van der Waals surface area (Å²) in [7, 11) is 2.51. The molecule has 0 aromatic heterocycles. The molecule has 0 fully saturated rings. The summed E-state index contributed by atoms with van der Waals surface area (Å²) in [6, 6.07) is 3.53. The van der Waals surface area contributed by atoms with Gasteiger partial charge in [0.25, 0.3) is 0 Å². The van der Waals surface area contributed by atoms with Crippen molar-refractivity contribution in [1.82, 2.24) is 0 Å². The molecule has 0 saturated carbocycles. The monoisotopic (exact) mass is 368 g/mol. The molecule has 0 aliphatic carbocycles. The van der Waals surface area contributed by atoms with E-state index >= 15 is 0 Å². The summed E-state index contributed by atoms with van der Waals surface area (Å²) in [6.45, 7) is 0. The Bertz CT molecular complexity index is 817. The maximum atomic E-state index is 11.9. The van der Waals surface area contributed by atoms with Gasteiger partial charge in [0.2, 0.25) is 0 Å². The molecule has 4 N–H and O–H groups in total. The molecule has 2 aromatic carbocycles. The fraction of sp³-hybridized carbons (Fsp3) is 0.235. The van der Waals surface area contributed by atoms with Crippen molar-refractivity contribution in [2.24, 2.45) is 0 Å². The lowest BCUT2D eigenvalue weighted by Gasteiger charge is -2.14. The van der Waals surface area contributed by atoms with E-state index in [0.29, 0.717) is 5.56 Å². The smallest absolute Gasteiger partial charge is 0.341 e. The van der Waals surface area contributed by atoms with E-state index in [4.69, 9.17) is 16.3 Å². The topological polar surface area (TPSA) is 116 Å². The van der Waals surface area contributed by atoms with Crippen molar-refractivity contribution in [3.8, 4) is 28.7 Å². The molecule has 0 bridgehead atoms. The number of aryl methyl sites for hydroxylation is 1. The number of carbonyl (C=O) groups excluding carboxylic acids is 1. The van der Waals surface area contributed by atoms with Crippen LogP contribution in [0.15, 0.2) is 18.2 Å². The van der Waals surface area contributed by atoms with Crippen molar-refractivity contribution in [3.05, 3.63) is 39.9 Å². The number of phenolic OH excluding ortho intramolecular Hbond substituents is 4. The van der Waals surface area contributed by atoms with Crippen molar-refractivity contribution < 1.29 is 34.7 Å². The lowest BCUT2D eigenvalue weighted by molar-refractivity contribution is 0.0596. The lowest BCUT2D eigenvalue weighted by atomic mass is 9.97. The third-order valence-corrected chi connectivity index (χ3v) is 4.16. The van der Waals surface area contributed by atoms with Crippen LogP contribution in [0.2, 0.25) is 5.02 Å². The lowest BCUT2D eigenvalue weighted by Crippen LogP contribution is -2.08. The minimum absolute atomic E-state index is 0.0879. The number of rotatable bonds is 5. The van der Waals surface area contributed by atoms with Crippen LogP contribution in [0.4, 0.5) is 0 Å². The highest BCUT2D eigenvalue weighted by Gasteiger charge is 2.23. The van der Waals surface area contributed by atoms with Gasteiger partial charge in [0.1, 0.15) is 22.8 Å². The molecule has 7 nitrogen and oxygen atoms in total. The van der Waals surface area contributed by atoms with Gasteiger partial charge in [0.15, 0.2) is 11.5 Å². The predicted octanol–water partition coefficient (Wildman–Crippen LogP) is 2.74. The maximum Gasteiger partial charge on any atom is 0.341 e. The normalized spacial score (nSPS) is 10.5. The number of carbonyl (C=O) groups is 1. The molecule has 0 unspecified atom stereocenters. The first kappa shape index (κ1) is 18.5. The Balaban J connectivity index is 2.41. The van der Waals surface area contributed by atoms with Crippen LogP contribution in [-0.4, -0.2) is 40.6 Å². The Morgan fingerprint density at radius 3 is 2.24 bits per heavy atom. The second-order valence-electron chi connectivity index (χ2n) is 5.23. The van der Waals surface area contributed by atoms with Crippen molar-refractivity contribution in [2.45, 2.75) is 12.8 Å². The second kappa shape index (κ2) is 7.40. The molecular formula is C17H17ClO7. The molecule has 0 heterocycles. The van der Waals surface area contributed by atoms with E-state index in [0.717, 1.165) is 13.2 Å². The van der Waals surface area contributed by atoms with E-state index in [9.17, 15) is 25.2 Å². The number of benzene rings is 2. The van der Waals surface area contributed by atoms with Crippen molar-refractivity contribution >= 4 is 17.6 Å². The first-order chi connectivity index (χ1) is 11.8. The first-order valence-corrected chi connectivity index (χ1v) is 7.58. The highest BCUT2D eigenvalue weighted by atomic mass is 35.5. The quantitative estimate of drug-likeness (QED) is 0.473. The zero-order chi connectivity index (χ0) is 18.7. The highest BCUT2D eigenvalue weighted by molar-refractivity contribution is 6.33. The number of esters is 1. The summed E-state index contributed by atoms with van der Waals surface area (Å²) in [5, 5.41) is 39.4. The Hall–Kier alpha value is -2.80. The molecule has 0 saturated heterocycles. The van der Waals surface area contributed by atoms with Gasteiger partial charge in [-0.3, -0.25) is 0 Å². The highest BCUT2D eigenvalue weighted by Crippen LogP contribution is 2.38. The van der Waals surface area contributed by atoms with Gasteiger partial charge in [0, 0.05) is 12.1 Å². The van der Waals surface area contributed by atoms with E-state index in [2.05, 4.69) is 4.74 Å². The zero-order valence-corrected chi connectivity index (χ0v) is 14.3. The van der Waals surface area contributed by atoms with E-state index in [1.165, 1.54) is 19.2 Å². The minimum atomic E-state index is -0.809. The number of hydrogen-bond acceptors (Lipinski definition) is 7. The average Bonchev–Trinajstić information content (AvgIpc) is 2.58. The van der Waals surface area contributed by atoms with Crippen LogP contribution in [0.25, 0.3) is 0 Å². The largest absolute Gasteiger partial charge is 0.508 e. The van der Waals surface area contributed by atoms with Crippen LogP contribution in [-0.2, 0) is 17.6 Å². The van der Waals surface area contributed by atoms with Gasteiger partial charge in [0.05, 0.1) is 19.2 Å². The summed E-state index contributed by atoms with van der Waals surface area (Å²) < 4.78 is 9.53. The molecule has 0 aliphatic rings. The molecule has 0 radical (unpaired) electrons. The van der Waals surface area contributed by atoms with E-state index in [-0.39, 0.29) is 52.0 Å². The van der Waals surface area contributed by atoms with Crippen molar-refractivity contribution in [1.29, 1.82) is 0 Å². The van der Waals surface area contributed by atoms with Gasteiger partial charge in [-0.25, -0.2) is 4.79 Å². The summed E-state index contributed by atoms with van der Waals surface area (Å²) >= 11 is 6.06. The number of ether oxygens (including phenoxy) is 2. The van der Waals surface area contributed by atoms with Crippen LogP contribution in [0.3, 0.4) is 0 Å². The van der Waals surface area contributed by atoms with Crippen LogP contribution in [0.5, 0.6) is 28.7 Å². The summed E-state index contributed by atoms with van der Waals surface area (Å²) in [5.41, 5.74) is 0.372. The molecule has 2 rings (SSSR count). The Kier molecular flexibility index (Phi) is 5.48. The molecule has 134 valence electrons. The van der Waals surface area contributed by atoms with Crippen LogP contribution >= 0.6 is 11.6 Å². The fourth-order valence-electron chi connectivity index (χ4n) is 2.47. The molecule has 8 heteroatoms. The van der Waals surface area contributed by atoms with Gasteiger partial charge < -0.3 is 29.9 Å². The fourth-order valence-corrected chi connectivity index (χ4v) is 2.72. The number of aromatic hydroxyl groups is 4. The number of halogens is 1. The standard InChI is InChI=1S/C17H17ClO7/c1-24-14-7-10(19)8(5-11(14)20)3-4-9-15(17(23)25-2)12(21)6-13(22)16(9)18/h5-7,19-22H,3-4H2,1-2H3. The molecule has 2 aromatic rings. The van der Waals surface area contributed by atoms with E-state index < -0.39 is 11.7 Å². The zero-order valence-electron chi connectivity index (χ0n) is 13.5. The van der Waals surface area contributed by atoms with Crippen LogP contribution in [0, 0.1) is 0 Å². The Labute approximate surface area is 148 Å². The van der Waals surface area contributed by atoms with E-state index in [1.807, 2.05) is 0 Å². The number of phenols is 4. The van der Waals surface area contributed by atoms with Crippen molar-refractivity contribution in [2.75, 3.05) is 14.2 Å². The minimum Gasteiger partial charge on any atom is -0.508 e. The van der Waals surface area contributed by atoms with Gasteiger partial charge in [-0.05, 0) is 30.0 Å². The van der Waals surface area contributed by atoms with Gasteiger partial charge in [-0.2, -0.15) is 0 Å². The van der Waals surface area contributed by atoms with Crippen LogP contribution < -0.4 is 4.74 Å². The van der Waals surface area contributed by atoms with Crippen molar-refractivity contribution in [3.63, 3.8) is 0 Å². The molecular weight excluding hydrogens is 352 g/mol. The van der Waals surface area contributed by atoms with Gasteiger partial charge in [-0.1, -0.05) is 11.6 Å². The molecule has 0 aliphatic heterocycles. The summed E-state index contributed by atoms with van der Waals surface area (Å²) in [6.07, 6.45) is 0.251. The number of hydrogen-bond donors (Lipinski definition) is 4. The third kappa shape index (κ3) is 3.66. The Morgan fingerprint density at radius 2 is 1.64 bits per heavy atom. The SMILES string of the molecule is COC(=O)c1c(O)cc(O)c(Cl)c1CCc1cc(O)c(OC)cc1O. The molecule has 25 heavy (non-hydrogen) atoms. The maximum absolute atomic E-state index is 11.9. The average molecular weight is 369 g/mol. The number of methoxy groups -OCH3 is 2. The molecule has 0 amide bonds. The van der Waals surface area contributed by atoms with Gasteiger partial charge in [-0.15, -0.1) is 0 Å². The third-order valence-electron chi connectivity index (χ3n) is 3.74.